The number of ether oxygens (including phenoxy) is 1. The first-order valence-electron chi connectivity index (χ1n) is 11.6. The van der Waals surface area contributed by atoms with Crippen molar-refractivity contribution in [1.29, 1.82) is 5.41 Å². The molecular weight excluding hydrogens is 497 g/mol. The number of aromatic nitrogens is 3. The molecule has 1 unspecified atom stereocenters. The largest absolute Gasteiger partial charge is 0.486 e. The van der Waals surface area contributed by atoms with Gasteiger partial charge in [0.1, 0.15) is 17.6 Å². The van der Waals surface area contributed by atoms with Crippen LogP contribution in [-0.4, -0.2) is 52.7 Å². The van der Waals surface area contributed by atoms with Crippen LogP contribution in [-0.2, 0) is 0 Å². The number of rotatable bonds is 10. The molecule has 0 saturated heterocycles. The van der Waals surface area contributed by atoms with Gasteiger partial charge in [-0.15, -0.1) is 0 Å². The Bertz CT molecular complexity index is 1370. The minimum atomic E-state index is -0.437. The molecule has 36 heavy (non-hydrogen) atoms. The number of nitrogens with one attached hydrogen (secondary N) is 3. The van der Waals surface area contributed by atoms with Gasteiger partial charge in [0.2, 0.25) is 0 Å². The maximum atomic E-state index is 8.79. The lowest BCUT2D eigenvalue weighted by molar-refractivity contribution is 0.227. The third kappa shape index (κ3) is 5.90. The molecule has 2 aromatic heterocycles. The van der Waals surface area contributed by atoms with Gasteiger partial charge in [-0.2, -0.15) is 0 Å². The highest BCUT2D eigenvalue weighted by molar-refractivity contribution is 6.35. The number of pyridine rings is 1. The molecule has 4 aromatic rings. The van der Waals surface area contributed by atoms with Crippen LogP contribution in [0.5, 0.6) is 5.75 Å². The lowest BCUT2D eigenvalue weighted by Crippen LogP contribution is -2.16. The molecular formula is C26H29Cl2N7O. The van der Waals surface area contributed by atoms with E-state index in [0.717, 1.165) is 36.2 Å². The fourth-order valence-electron chi connectivity index (χ4n) is 3.89. The predicted molar refractivity (Wildman–Crippen MR) is 148 cm³/mol. The molecule has 1 atom stereocenters. The van der Waals surface area contributed by atoms with Gasteiger partial charge in [0.15, 0.2) is 5.82 Å². The Morgan fingerprint density at radius 3 is 2.64 bits per heavy atom. The summed E-state index contributed by atoms with van der Waals surface area (Å²) in [7, 11) is 4.13. The second-order valence-electron chi connectivity index (χ2n) is 8.80. The number of anilines is 2. The predicted octanol–water partition coefficient (Wildman–Crippen LogP) is 5.77. The van der Waals surface area contributed by atoms with E-state index in [9.17, 15) is 0 Å². The molecule has 10 heteroatoms. The molecule has 0 radical (unpaired) electrons. The van der Waals surface area contributed by atoms with E-state index in [2.05, 4.69) is 39.3 Å². The molecule has 0 aliphatic carbocycles. The van der Waals surface area contributed by atoms with Gasteiger partial charge in [-0.3, -0.25) is 10.4 Å². The van der Waals surface area contributed by atoms with Crippen LogP contribution in [0.3, 0.4) is 0 Å². The van der Waals surface area contributed by atoms with Crippen LogP contribution in [0.4, 0.5) is 11.4 Å². The maximum absolute atomic E-state index is 8.79. The van der Waals surface area contributed by atoms with Crippen molar-refractivity contribution in [3.63, 3.8) is 0 Å². The van der Waals surface area contributed by atoms with E-state index in [4.69, 9.17) is 39.1 Å². The number of nitrogen functional groups attached to an aromatic ring is 1. The molecule has 0 aliphatic heterocycles. The maximum Gasteiger partial charge on any atom is 0.157 e. The number of nitrogens with two attached hydrogens (primary N) is 1. The highest BCUT2D eigenvalue weighted by Crippen LogP contribution is 2.33. The summed E-state index contributed by atoms with van der Waals surface area (Å²) in [6, 6.07) is 11.1. The van der Waals surface area contributed by atoms with Crippen molar-refractivity contribution in [3.05, 3.63) is 75.8 Å². The number of halogens is 2. The van der Waals surface area contributed by atoms with E-state index in [1.807, 2.05) is 25.1 Å². The fourth-order valence-corrected chi connectivity index (χ4v) is 4.56. The number of hydrogen-bond acceptors (Lipinski definition) is 7. The van der Waals surface area contributed by atoms with Gasteiger partial charge in [-0.25, -0.2) is 4.98 Å². The van der Waals surface area contributed by atoms with Crippen LogP contribution >= 0.6 is 23.2 Å². The second kappa shape index (κ2) is 11.2. The topological polar surface area (TPSA) is 116 Å². The van der Waals surface area contributed by atoms with Gasteiger partial charge in [-0.05, 0) is 70.4 Å². The van der Waals surface area contributed by atoms with Crippen LogP contribution in [0.1, 0.15) is 36.4 Å². The molecule has 0 saturated carbocycles. The first kappa shape index (κ1) is 25.8. The Morgan fingerprint density at radius 2 is 1.92 bits per heavy atom. The quantitative estimate of drug-likeness (QED) is 0.119. The van der Waals surface area contributed by atoms with E-state index in [1.165, 1.54) is 12.4 Å². The fraction of sp³-hybridized carbons (Fsp3) is 0.269. The second-order valence-corrected chi connectivity index (χ2v) is 9.62. The number of fused-ring (bicyclic) bond motifs is 1. The van der Waals surface area contributed by atoms with Crippen molar-refractivity contribution >= 4 is 51.3 Å². The van der Waals surface area contributed by atoms with Crippen LogP contribution in [0.25, 0.3) is 11.0 Å². The van der Waals surface area contributed by atoms with Crippen LogP contribution in [0.15, 0.2) is 48.8 Å². The zero-order valence-electron chi connectivity index (χ0n) is 20.4. The molecule has 188 valence electrons. The zero-order chi connectivity index (χ0) is 25.8. The smallest absolute Gasteiger partial charge is 0.157 e. The van der Waals surface area contributed by atoms with Crippen molar-refractivity contribution in [2.45, 2.75) is 19.4 Å². The normalized spacial score (nSPS) is 12.2. The molecule has 8 nitrogen and oxygen atoms in total. The van der Waals surface area contributed by atoms with E-state index in [1.54, 1.807) is 18.2 Å². The molecule has 0 bridgehead atoms. The van der Waals surface area contributed by atoms with Crippen molar-refractivity contribution in [2.75, 3.05) is 38.2 Å². The Balaban J connectivity index is 1.52. The van der Waals surface area contributed by atoms with E-state index >= 15 is 0 Å². The number of imidazole rings is 1. The standard InChI is InChI=1S/C26H29Cl2N7O/c1-15(24-19(27)13-31-14-20(24)28)36-17-6-7-21(29)18(12-17)25(30)26-33-22-8-5-16(11-23(22)34-26)32-9-4-10-35(2)3/h5-8,11-15,30,32H,4,9-10,29H2,1-3H3,(H,33,34). The highest BCUT2D eigenvalue weighted by Gasteiger charge is 2.18. The van der Waals surface area contributed by atoms with Gasteiger partial charge >= 0.3 is 0 Å². The summed E-state index contributed by atoms with van der Waals surface area (Å²) < 4.78 is 6.09. The lowest BCUT2D eigenvalue weighted by Gasteiger charge is -2.18. The summed E-state index contributed by atoms with van der Waals surface area (Å²) in [4.78, 5) is 14.0. The number of H-pyrrole nitrogens is 1. The molecule has 2 heterocycles. The van der Waals surface area contributed by atoms with Crippen molar-refractivity contribution < 1.29 is 4.74 Å². The average Bonchev–Trinajstić information content (AvgIpc) is 3.26. The Labute approximate surface area is 220 Å². The monoisotopic (exact) mass is 525 g/mol. The molecule has 0 aliphatic rings. The summed E-state index contributed by atoms with van der Waals surface area (Å²) in [5.74, 6) is 0.951. The third-order valence-electron chi connectivity index (χ3n) is 5.73. The highest BCUT2D eigenvalue weighted by atomic mass is 35.5. The molecule has 0 spiro atoms. The van der Waals surface area contributed by atoms with Gasteiger partial charge < -0.3 is 25.7 Å². The van der Waals surface area contributed by atoms with E-state index < -0.39 is 6.10 Å². The van der Waals surface area contributed by atoms with Gasteiger partial charge in [-0.1, -0.05) is 23.2 Å². The van der Waals surface area contributed by atoms with Crippen molar-refractivity contribution in [2.24, 2.45) is 0 Å². The van der Waals surface area contributed by atoms with E-state index in [0.29, 0.717) is 38.4 Å². The summed E-state index contributed by atoms with van der Waals surface area (Å²) in [5.41, 5.74) is 10.6. The molecule has 0 fully saturated rings. The Morgan fingerprint density at radius 1 is 1.17 bits per heavy atom. The summed E-state index contributed by atoms with van der Waals surface area (Å²) >= 11 is 12.6. The lowest BCUT2D eigenvalue weighted by atomic mass is 10.1. The molecule has 4 rings (SSSR count). The van der Waals surface area contributed by atoms with Crippen LogP contribution in [0.2, 0.25) is 10.0 Å². The third-order valence-corrected chi connectivity index (χ3v) is 6.34. The zero-order valence-corrected chi connectivity index (χ0v) is 21.9. The number of nitrogens with zero attached hydrogens (tertiary/aromatic N) is 3. The number of aromatic amines is 1. The molecule has 5 N–H and O–H groups in total. The average molecular weight is 526 g/mol. The van der Waals surface area contributed by atoms with Gasteiger partial charge in [0, 0.05) is 41.4 Å². The minimum Gasteiger partial charge on any atom is -0.486 e. The van der Waals surface area contributed by atoms with E-state index in [-0.39, 0.29) is 5.71 Å². The first-order valence-corrected chi connectivity index (χ1v) is 12.3. The van der Waals surface area contributed by atoms with Crippen LogP contribution < -0.4 is 15.8 Å². The first-order chi connectivity index (χ1) is 17.2. The summed E-state index contributed by atoms with van der Waals surface area (Å²) in [6.45, 7) is 3.74. The number of benzene rings is 2. The summed E-state index contributed by atoms with van der Waals surface area (Å²) in [6.07, 6.45) is 3.66. The summed E-state index contributed by atoms with van der Waals surface area (Å²) in [5, 5.41) is 13.1. The van der Waals surface area contributed by atoms with Crippen molar-refractivity contribution in [1.82, 2.24) is 19.9 Å². The number of hydrogen-bond donors (Lipinski definition) is 4. The molecule has 2 aromatic carbocycles. The Hall–Kier alpha value is -3.33. The Kier molecular flexibility index (Phi) is 7.98. The SMILES string of the molecule is CC(Oc1ccc(N)c(C(=N)c2nc3ccc(NCCCN(C)C)cc3[nH]2)c1)c1c(Cl)cncc1Cl. The molecule has 0 amide bonds. The van der Waals surface area contributed by atoms with Crippen LogP contribution in [0, 0.1) is 5.41 Å². The van der Waals surface area contributed by atoms with Gasteiger partial charge in [0.25, 0.3) is 0 Å². The minimum absolute atomic E-state index is 0.169. The van der Waals surface area contributed by atoms with Crippen molar-refractivity contribution in [3.8, 4) is 5.75 Å². The van der Waals surface area contributed by atoms with Gasteiger partial charge in [0.05, 0.1) is 21.1 Å².